The topological polar surface area (TPSA) is 48.3 Å². The van der Waals surface area contributed by atoms with Crippen molar-refractivity contribution in [3.8, 4) is 6.07 Å². The molecule has 0 bridgehead atoms. The molecule has 1 N–H and O–H groups in total. The fourth-order valence-corrected chi connectivity index (χ4v) is 2.77. The van der Waals surface area contributed by atoms with Crippen LogP contribution in [0.4, 0.5) is 0 Å². The Bertz CT molecular complexity index is 444. The lowest BCUT2D eigenvalue weighted by Crippen LogP contribution is -2.37. The summed E-state index contributed by atoms with van der Waals surface area (Å²) in [6.45, 7) is 6.16. The standard InChI is InChI=1S/C17H25N3O/c1-21-11-8-19-13-16-6-9-20(10-7-16)14-17-4-2-15(12-18)3-5-17/h2-5,16,19H,6-11,13-14H2,1H3. The fourth-order valence-electron chi connectivity index (χ4n) is 2.77. The van der Waals surface area contributed by atoms with E-state index in [1.165, 1.54) is 18.4 Å². The average molecular weight is 287 g/mol. The largest absolute Gasteiger partial charge is 0.383 e. The van der Waals surface area contributed by atoms with Crippen molar-refractivity contribution in [3.05, 3.63) is 35.4 Å². The van der Waals surface area contributed by atoms with Crippen LogP contribution in [0.1, 0.15) is 24.0 Å². The Morgan fingerprint density at radius 1 is 1.29 bits per heavy atom. The number of ether oxygens (including phenoxy) is 1. The number of methoxy groups -OCH3 is 1. The Kier molecular flexibility index (Phi) is 6.68. The number of benzene rings is 1. The molecule has 1 aromatic carbocycles. The maximum Gasteiger partial charge on any atom is 0.0991 e. The third kappa shape index (κ3) is 5.47. The number of nitrogens with zero attached hydrogens (tertiary/aromatic N) is 2. The minimum Gasteiger partial charge on any atom is -0.383 e. The van der Waals surface area contributed by atoms with Crippen molar-refractivity contribution in [1.82, 2.24) is 10.2 Å². The minimum atomic E-state index is 0.736. The molecule has 1 aromatic rings. The second kappa shape index (κ2) is 8.78. The molecule has 1 aliphatic heterocycles. The fraction of sp³-hybridized carbons (Fsp3) is 0.588. The summed E-state index contributed by atoms with van der Waals surface area (Å²) in [4.78, 5) is 2.51. The number of likely N-dealkylation sites (tertiary alicyclic amines) is 1. The molecule has 4 nitrogen and oxygen atoms in total. The first kappa shape index (κ1) is 16.0. The second-order valence-corrected chi connectivity index (χ2v) is 5.73. The van der Waals surface area contributed by atoms with Gasteiger partial charge in [-0.25, -0.2) is 0 Å². The van der Waals surface area contributed by atoms with Gasteiger partial charge in [0.2, 0.25) is 0 Å². The molecule has 0 spiro atoms. The smallest absolute Gasteiger partial charge is 0.0991 e. The lowest BCUT2D eigenvalue weighted by molar-refractivity contribution is 0.168. The van der Waals surface area contributed by atoms with Crippen molar-refractivity contribution in [2.24, 2.45) is 5.92 Å². The van der Waals surface area contributed by atoms with Gasteiger partial charge in [0.1, 0.15) is 0 Å². The average Bonchev–Trinajstić information content (AvgIpc) is 2.54. The zero-order chi connectivity index (χ0) is 14.9. The molecule has 1 fully saturated rings. The van der Waals surface area contributed by atoms with E-state index in [1.807, 2.05) is 12.1 Å². The molecule has 0 aliphatic carbocycles. The van der Waals surface area contributed by atoms with Crippen molar-refractivity contribution in [2.75, 3.05) is 39.9 Å². The number of nitriles is 1. The van der Waals surface area contributed by atoms with Crippen LogP contribution in [0, 0.1) is 17.2 Å². The van der Waals surface area contributed by atoms with Gasteiger partial charge in [0.15, 0.2) is 0 Å². The first-order valence-corrected chi connectivity index (χ1v) is 7.73. The first-order chi connectivity index (χ1) is 10.3. The summed E-state index contributed by atoms with van der Waals surface area (Å²) >= 11 is 0. The molecule has 4 heteroatoms. The Morgan fingerprint density at radius 3 is 2.62 bits per heavy atom. The third-order valence-corrected chi connectivity index (χ3v) is 4.11. The third-order valence-electron chi connectivity index (χ3n) is 4.11. The molecular formula is C17H25N3O. The molecular weight excluding hydrogens is 262 g/mol. The predicted octanol–water partition coefficient (Wildman–Crippen LogP) is 2.01. The highest BCUT2D eigenvalue weighted by Gasteiger charge is 2.18. The molecule has 1 aliphatic rings. The molecule has 2 rings (SSSR count). The van der Waals surface area contributed by atoms with Gasteiger partial charge in [0.25, 0.3) is 0 Å². The Morgan fingerprint density at radius 2 is 2.00 bits per heavy atom. The van der Waals surface area contributed by atoms with Gasteiger partial charge < -0.3 is 10.1 Å². The highest BCUT2D eigenvalue weighted by Crippen LogP contribution is 2.18. The molecule has 1 heterocycles. The van der Waals surface area contributed by atoms with Crippen LogP contribution in [0.15, 0.2) is 24.3 Å². The molecule has 114 valence electrons. The van der Waals surface area contributed by atoms with Crippen molar-refractivity contribution in [1.29, 1.82) is 5.26 Å². The predicted molar refractivity (Wildman–Crippen MR) is 83.9 cm³/mol. The number of nitrogens with one attached hydrogen (secondary N) is 1. The van der Waals surface area contributed by atoms with E-state index in [4.69, 9.17) is 10.00 Å². The highest BCUT2D eigenvalue weighted by atomic mass is 16.5. The number of hydrogen-bond acceptors (Lipinski definition) is 4. The molecule has 1 saturated heterocycles. The van der Waals surface area contributed by atoms with E-state index in [1.54, 1.807) is 7.11 Å². The van der Waals surface area contributed by atoms with Gasteiger partial charge in [0, 0.05) is 20.2 Å². The molecule has 0 unspecified atom stereocenters. The second-order valence-electron chi connectivity index (χ2n) is 5.73. The lowest BCUT2D eigenvalue weighted by Gasteiger charge is -2.32. The Hall–Kier alpha value is -1.41. The summed E-state index contributed by atoms with van der Waals surface area (Å²) in [6, 6.07) is 10.1. The summed E-state index contributed by atoms with van der Waals surface area (Å²) in [6.07, 6.45) is 2.52. The molecule has 0 aromatic heterocycles. The summed E-state index contributed by atoms with van der Waals surface area (Å²) in [5.74, 6) is 0.791. The van der Waals surface area contributed by atoms with Gasteiger partial charge in [-0.3, -0.25) is 4.90 Å². The van der Waals surface area contributed by atoms with E-state index in [2.05, 4.69) is 28.4 Å². The van der Waals surface area contributed by atoms with E-state index in [9.17, 15) is 0 Å². The van der Waals surface area contributed by atoms with E-state index in [-0.39, 0.29) is 0 Å². The molecule has 0 radical (unpaired) electrons. The van der Waals surface area contributed by atoms with Crippen molar-refractivity contribution < 1.29 is 4.74 Å². The molecule has 0 saturated carbocycles. The molecule has 0 amide bonds. The normalized spacial score (nSPS) is 16.8. The van der Waals surface area contributed by atoms with Crippen LogP contribution in [0.25, 0.3) is 0 Å². The van der Waals surface area contributed by atoms with Gasteiger partial charge in [-0.05, 0) is 56.1 Å². The Labute approximate surface area is 127 Å². The summed E-state index contributed by atoms with van der Waals surface area (Å²) in [5, 5.41) is 12.3. The zero-order valence-corrected chi connectivity index (χ0v) is 12.8. The maximum absolute atomic E-state index is 8.81. The van der Waals surface area contributed by atoms with Crippen LogP contribution in [0.2, 0.25) is 0 Å². The first-order valence-electron chi connectivity index (χ1n) is 7.73. The number of hydrogen-bond donors (Lipinski definition) is 1. The summed E-state index contributed by atoms with van der Waals surface area (Å²) in [7, 11) is 1.74. The maximum atomic E-state index is 8.81. The van der Waals surface area contributed by atoms with E-state index in [0.29, 0.717) is 0 Å². The van der Waals surface area contributed by atoms with E-state index >= 15 is 0 Å². The van der Waals surface area contributed by atoms with Crippen LogP contribution in [-0.4, -0.2) is 44.8 Å². The van der Waals surface area contributed by atoms with Crippen LogP contribution in [-0.2, 0) is 11.3 Å². The lowest BCUT2D eigenvalue weighted by atomic mass is 9.96. The van der Waals surface area contributed by atoms with Gasteiger partial charge in [-0.15, -0.1) is 0 Å². The van der Waals surface area contributed by atoms with Crippen molar-refractivity contribution >= 4 is 0 Å². The SMILES string of the molecule is COCCNCC1CCN(Cc2ccc(C#N)cc2)CC1. The van der Waals surface area contributed by atoms with Crippen LogP contribution in [0.5, 0.6) is 0 Å². The van der Waals surface area contributed by atoms with Crippen molar-refractivity contribution in [3.63, 3.8) is 0 Å². The molecule has 21 heavy (non-hydrogen) atoms. The molecule has 0 atom stereocenters. The van der Waals surface area contributed by atoms with Gasteiger partial charge in [-0.2, -0.15) is 5.26 Å². The zero-order valence-electron chi connectivity index (χ0n) is 12.8. The number of rotatable bonds is 7. The van der Waals surface area contributed by atoms with Crippen LogP contribution in [0.3, 0.4) is 0 Å². The minimum absolute atomic E-state index is 0.736. The number of piperidine rings is 1. The van der Waals surface area contributed by atoms with Crippen LogP contribution >= 0.6 is 0 Å². The van der Waals surface area contributed by atoms with Gasteiger partial charge in [0.05, 0.1) is 18.2 Å². The highest BCUT2D eigenvalue weighted by molar-refractivity contribution is 5.31. The summed E-state index contributed by atoms with van der Waals surface area (Å²) in [5.41, 5.74) is 2.03. The Balaban J connectivity index is 1.67. The monoisotopic (exact) mass is 287 g/mol. The van der Waals surface area contributed by atoms with Crippen LogP contribution < -0.4 is 5.32 Å². The quantitative estimate of drug-likeness (QED) is 0.779. The van der Waals surface area contributed by atoms with Gasteiger partial charge >= 0.3 is 0 Å². The van der Waals surface area contributed by atoms with Crippen molar-refractivity contribution in [2.45, 2.75) is 19.4 Å². The summed E-state index contributed by atoms with van der Waals surface area (Å²) < 4.78 is 5.04. The van der Waals surface area contributed by atoms with E-state index in [0.717, 1.165) is 50.8 Å². The van der Waals surface area contributed by atoms with E-state index < -0.39 is 0 Å². The van der Waals surface area contributed by atoms with Gasteiger partial charge in [-0.1, -0.05) is 12.1 Å².